The molecule has 0 aliphatic carbocycles. The monoisotopic (exact) mass is 452 g/mol. The van der Waals surface area contributed by atoms with Crippen LogP contribution in [0.5, 0.6) is 11.5 Å². The summed E-state index contributed by atoms with van der Waals surface area (Å²) in [6.07, 6.45) is -0.870. The number of ether oxygens (including phenoxy) is 3. The van der Waals surface area contributed by atoms with Gasteiger partial charge in [-0.2, -0.15) is 9.37 Å². The third kappa shape index (κ3) is 6.52. The standard InChI is InChI=1S/C25H25FN2O5/c1-16-19(23(29)32-18-13-9-6-10-14-18)20(31-15-17-11-7-5-8-12-17)22(27-21(16)26)28-24(30)33-25(2,3)4/h5-14H,15H2,1-4H3,(H,27,28,30). The van der Waals surface area contributed by atoms with Gasteiger partial charge in [-0.25, -0.2) is 9.59 Å². The van der Waals surface area contributed by atoms with E-state index in [2.05, 4.69) is 10.3 Å². The van der Waals surface area contributed by atoms with E-state index in [0.717, 1.165) is 5.56 Å². The summed E-state index contributed by atoms with van der Waals surface area (Å²) in [7, 11) is 0. The maximum absolute atomic E-state index is 14.7. The summed E-state index contributed by atoms with van der Waals surface area (Å²) in [5, 5.41) is 2.39. The van der Waals surface area contributed by atoms with Crippen LogP contribution in [0.4, 0.5) is 15.0 Å². The van der Waals surface area contributed by atoms with Gasteiger partial charge in [-0.15, -0.1) is 0 Å². The third-order valence-corrected chi connectivity index (χ3v) is 4.34. The summed E-state index contributed by atoms with van der Waals surface area (Å²) in [5.41, 5.74) is -0.264. The van der Waals surface area contributed by atoms with Gasteiger partial charge in [-0.3, -0.25) is 5.32 Å². The number of carbonyl (C=O) groups is 2. The Morgan fingerprint density at radius 1 is 1.00 bits per heavy atom. The van der Waals surface area contributed by atoms with E-state index in [1.54, 1.807) is 51.1 Å². The summed E-state index contributed by atoms with van der Waals surface area (Å²) < 4.78 is 31.2. The van der Waals surface area contributed by atoms with E-state index < -0.39 is 23.6 Å². The number of para-hydroxylation sites is 1. The van der Waals surface area contributed by atoms with Crippen LogP contribution in [-0.2, 0) is 11.3 Å². The molecule has 1 heterocycles. The molecule has 7 nitrogen and oxygen atoms in total. The van der Waals surface area contributed by atoms with E-state index in [1.165, 1.54) is 6.92 Å². The Hall–Kier alpha value is -3.94. The van der Waals surface area contributed by atoms with Gasteiger partial charge < -0.3 is 14.2 Å². The van der Waals surface area contributed by atoms with Crippen LogP contribution in [0.2, 0.25) is 0 Å². The first-order valence-corrected chi connectivity index (χ1v) is 10.3. The molecule has 0 bridgehead atoms. The number of esters is 1. The predicted molar refractivity (Wildman–Crippen MR) is 121 cm³/mol. The third-order valence-electron chi connectivity index (χ3n) is 4.34. The molecule has 0 saturated heterocycles. The zero-order valence-electron chi connectivity index (χ0n) is 18.8. The highest BCUT2D eigenvalue weighted by Gasteiger charge is 2.28. The van der Waals surface area contributed by atoms with Gasteiger partial charge in [-0.05, 0) is 45.4 Å². The van der Waals surface area contributed by atoms with E-state index in [-0.39, 0.29) is 35.1 Å². The van der Waals surface area contributed by atoms with Crippen LogP contribution in [0.1, 0.15) is 42.3 Å². The van der Waals surface area contributed by atoms with Gasteiger partial charge in [0.1, 0.15) is 23.5 Å². The number of pyridine rings is 1. The highest BCUT2D eigenvalue weighted by atomic mass is 19.1. The average molecular weight is 452 g/mol. The maximum atomic E-state index is 14.7. The van der Waals surface area contributed by atoms with Crippen LogP contribution in [0, 0.1) is 12.9 Å². The molecule has 1 N–H and O–H groups in total. The Morgan fingerprint density at radius 2 is 1.61 bits per heavy atom. The molecule has 0 fully saturated rings. The fraction of sp³-hybridized carbons (Fsp3) is 0.240. The number of hydrogen-bond donors (Lipinski definition) is 1. The molecule has 0 radical (unpaired) electrons. The van der Waals surface area contributed by atoms with E-state index in [4.69, 9.17) is 14.2 Å². The minimum atomic E-state index is -0.951. The quantitative estimate of drug-likeness (QED) is 0.294. The Labute approximate surface area is 191 Å². The fourth-order valence-electron chi connectivity index (χ4n) is 2.87. The molecular formula is C25H25FN2O5. The van der Waals surface area contributed by atoms with Gasteiger partial charge in [-0.1, -0.05) is 48.5 Å². The second-order valence-corrected chi connectivity index (χ2v) is 8.18. The summed E-state index contributed by atoms with van der Waals surface area (Å²) >= 11 is 0. The van der Waals surface area contributed by atoms with Crippen molar-refractivity contribution in [1.82, 2.24) is 4.98 Å². The first kappa shape index (κ1) is 23.7. The molecule has 8 heteroatoms. The van der Waals surface area contributed by atoms with Crippen LogP contribution in [-0.4, -0.2) is 22.6 Å². The lowest BCUT2D eigenvalue weighted by molar-refractivity contribution is 0.0631. The number of halogens is 1. The highest BCUT2D eigenvalue weighted by molar-refractivity contribution is 5.98. The second-order valence-electron chi connectivity index (χ2n) is 8.18. The summed E-state index contributed by atoms with van der Waals surface area (Å²) in [6, 6.07) is 17.5. The van der Waals surface area contributed by atoms with Gasteiger partial charge in [0.25, 0.3) is 0 Å². The van der Waals surface area contributed by atoms with Crippen molar-refractivity contribution in [2.45, 2.75) is 39.9 Å². The first-order valence-electron chi connectivity index (χ1n) is 10.3. The van der Waals surface area contributed by atoms with Crippen molar-refractivity contribution in [2.75, 3.05) is 5.32 Å². The molecule has 3 aromatic rings. The predicted octanol–water partition coefficient (Wildman–Crippen LogP) is 5.67. The molecule has 0 atom stereocenters. The van der Waals surface area contributed by atoms with Gasteiger partial charge in [0.2, 0.25) is 5.95 Å². The number of hydrogen-bond acceptors (Lipinski definition) is 6. The van der Waals surface area contributed by atoms with Crippen LogP contribution < -0.4 is 14.8 Å². The first-order chi connectivity index (χ1) is 15.6. The number of anilines is 1. The molecule has 2 aromatic carbocycles. The number of aromatic nitrogens is 1. The number of rotatable bonds is 6. The van der Waals surface area contributed by atoms with Gasteiger partial charge in [0.05, 0.1) is 0 Å². The Morgan fingerprint density at radius 3 is 2.21 bits per heavy atom. The van der Waals surface area contributed by atoms with Crippen molar-refractivity contribution in [2.24, 2.45) is 0 Å². The molecule has 0 aliphatic rings. The zero-order chi connectivity index (χ0) is 24.0. The average Bonchev–Trinajstić information content (AvgIpc) is 2.75. The molecule has 1 aromatic heterocycles. The van der Waals surface area contributed by atoms with Crippen molar-refractivity contribution < 1.29 is 28.2 Å². The number of benzene rings is 2. The normalized spacial score (nSPS) is 10.9. The zero-order valence-corrected chi connectivity index (χ0v) is 18.8. The van der Waals surface area contributed by atoms with Crippen molar-refractivity contribution in [1.29, 1.82) is 0 Å². The molecule has 0 saturated carbocycles. The lowest BCUT2D eigenvalue weighted by Crippen LogP contribution is -2.28. The Bertz CT molecular complexity index is 1130. The summed E-state index contributed by atoms with van der Waals surface area (Å²) in [6.45, 7) is 6.49. The smallest absolute Gasteiger partial charge is 0.413 e. The lowest BCUT2D eigenvalue weighted by Gasteiger charge is -2.21. The minimum Gasteiger partial charge on any atom is -0.484 e. The molecule has 0 unspecified atom stereocenters. The Kier molecular flexibility index (Phi) is 7.27. The van der Waals surface area contributed by atoms with Crippen LogP contribution in [0.15, 0.2) is 60.7 Å². The largest absolute Gasteiger partial charge is 0.484 e. The van der Waals surface area contributed by atoms with E-state index in [9.17, 15) is 14.0 Å². The molecule has 0 spiro atoms. The van der Waals surface area contributed by atoms with Crippen molar-refractivity contribution in [3.05, 3.63) is 83.3 Å². The maximum Gasteiger partial charge on any atom is 0.413 e. The molecule has 172 valence electrons. The number of nitrogens with one attached hydrogen (secondary N) is 1. The van der Waals surface area contributed by atoms with Crippen LogP contribution >= 0.6 is 0 Å². The van der Waals surface area contributed by atoms with Gasteiger partial charge in [0, 0.05) is 5.56 Å². The van der Waals surface area contributed by atoms with Gasteiger partial charge >= 0.3 is 12.1 Å². The second kappa shape index (κ2) is 10.1. The SMILES string of the molecule is Cc1c(F)nc(NC(=O)OC(C)(C)C)c(OCc2ccccc2)c1C(=O)Oc1ccccc1. The minimum absolute atomic E-state index is 0.0439. The van der Waals surface area contributed by atoms with E-state index in [0.29, 0.717) is 0 Å². The summed E-state index contributed by atoms with van der Waals surface area (Å²) in [5.74, 6) is -1.94. The van der Waals surface area contributed by atoms with Crippen molar-refractivity contribution in [3.8, 4) is 11.5 Å². The van der Waals surface area contributed by atoms with Crippen LogP contribution in [0.3, 0.4) is 0 Å². The van der Waals surface area contributed by atoms with E-state index >= 15 is 0 Å². The molecule has 3 rings (SSSR count). The number of carbonyl (C=O) groups excluding carboxylic acids is 2. The topological polar surface area (TPSA) is 86.8 Å². The van der Waals surface area contributed by atoms with Gasteiger partial charge in [0.15, 0.2) is 11.6 Å². The molecular weight excluding hydrogens is 427 g/mol. The van der Waals surface area contributed by atoms with Crippen molar-refractivity contribution in [3.63, 3.8) is 0 Å². The highest BCUT2D eigenvalue weighted by Crippen LogP contribution is 2.33. The molecule has 33 heavy (non-hydrogen) atoms. The number of amides is 1. The number of nitrogens with zero attached hydrogens (tertiary/aromatic N) is 1. The molecule has 1 amide bonds. The van der Waals surface area contributed by atoms with E-state index in [1.807, 2.05) is 30.3 Å². The Balaban J connectivity index is 2.01. The summed E-state index contributed by atoms with van der Waals surface area (Å²) in [4.78, 5) is 29.2. The lowest BCUT2D eigenvalue weighted by atomic mass is 10.1. The molecule has 0 aliphatic heterocycles. The van der Waals surface area contributed by atoms with Crippen LogP contribution in [0.25, 0.3) is 0 Å². The van der Waals surface area contributed by atoms with Crippen molar-refractivity contribution >= 4 is 17.9 Å². The fourth-order valence-corrected chi connectivity index (χ4v) is 2.87.